The molecular weight excluding hydrogens is 335 g/mol. The standard InChI is InChI=1S/C19H21FN4O2/c20-16-4-2-1-3-14(16)10-24-7-6-23(11-19(24)25)18-9-17(21-13-22-18)15-5-8-26-12-15/h1-4,9,13,15H,5-8,10-12H2/t15-/m1/s1. The number of aromatic nitrogens is 2. The fourth-order valence-corrected chi connectivity index (χ4v) is 3.43. The SMILES string of the molecule is O=C1CN(c2cc([C@@H]3CCOC3)ncn2)CCN1Cc1ccccc1F. The molecule has 0 N–H and O–H groups in total. The van der Waals surface area contributed by atoms with Crippen LogP contribution in [0.5, 0.6) is 0 Å². The van der Waals surface area contributed by atoms with Gasteiger partial charge in [0, 0.05) is 43.8 Å². The number of anilines is 1. The summed E-state index contributed by atoms with van der Waals surface area (Å²) in [6, 6.07) is 8.54. The Balaban J connectivity index is 1.43. The summed E-state index contributed by atoms with van der Waals surface area (Å²) in [4.78, 5) is 24.9. The molecule has 1 aromatic carbocycles. The Morgan fingerprint density at radius 1 is 1.23 bits per heavy atom. The second-order valence-electron chi connectivity index (χ2n) is 6.69. The summed E-state index contributed by atoms with van der Waals surface area (Å²) >= 11 is 0. The highest BCUT2D eigenvalue weighted by Crippen LogP contribution is 2.26. The van der Waals surface area contributed by atoms with E-state index in [9.17, 15) is 9.18 Å². The van der Waals surface area contributed by atoms with Crippen molar-refractivity contribution in [3.63, 3.8) is 0 Å². The molecule has 26 heavy (non-hydrogen) atoms. The van der Waals surface area contributed by atoms with Crippen LogP contribution >= 0.6 is 0 Å². The Morgan fingerprint density at radius 3 is 2.88 bits per heavy atom. The maximum absolute atomic E-state index is 13.8. The van der Waals surface area contributed by atoms with Crippen molar-refractivity contribution in [3.8, 4) is 0 Å². The van der Waals surface area contributed by atoms with Crippen LogP contribution < -0.4 is 4.90 Å². The van der Waals surface area contributed by atoms with E-state index in [0.717, 1.165) is 24.5 Å². The lowest BCUT2D eigenvalue weighted by molar-refractivity contribution is -0.131. The van der Waals surface area contributed by atoms with Gasteiger partial charge in [-0.2, -0.15) is 0 Å². The Kier molecular flexibility index (Phi) is 4.79. The predicted molar refractivity (Wildman–Crippen MR) is 94.2 cm³/mol. The first kappa shape index (κ1) is 16.9. The van der Waals surface area contributed by atoms with Crippen molar-refractivity contribution in [3.05, 3.63) is 53.7 Å². The summed E-state index contributed by atoms with van der Waals surface area (Å²) in [6.45, 7) is 3.19. The zero-order valence-electron chi connectivity index (χ0n) is 14.5. The number of halogens is 1. The molecule has 1 amide bonds. The highest BCUT2D eigenvalue weighted by atomic mass is 19.1. The van der Waals surface area contributed by atoms with E-state index in [4.69, 9.17) is 4.74 Å². The second kappa shape index (κ2) is 7.37. The molecule has 7 heteroatoms. The van der Waals surface area contributed by atoms with Gasteiger partial charge in [-0.25, -0.2) is 14.4 Å². The molecule has 0 spiro atoms. The van der Waals surface area contributed by atoms with Gasteiger partial charge in [-0.3, -0.25) is 4.79 Å². The van der Waals surface area contributed by atoms with Gasteiger partial charge in [-0.15, -0.1) is 0 Å². The summed E-state index contributed by atoms with van der Waals surface area (Å²) in [7, 11) is 0. The molecule has 2 aliphatic rings. The number of benzene rings is 1. The average molecular weight is 356 g/mol. The summed E-state index contributed by atoms with van der Waals surface area (Å²) < 4.78 is 19.3. The van der Waals surface area contributed by atoms with Gasteiger partial charge in [0.25, 0.3) is 0 Å². The summed E-state index contributed by atoms with van der Waals surface area (Å²) in [5, 5.41) is 0. The molecule has 4 rings (SSSR count). The molecule has 0 bridgehead atoms. The molecule has 136 valence electrons. The number of hydrogen-bond acceptors (Lipinski definition) is 5. The Morgan fingerprint density at radius 2 is 2.12 bits per heavy atom. The minimum absolute atomic E-state index is 0.0242. The quantitative estimate of drug-likeness (QED) is 0.838. The molecule has 2 aromatic rings. The van der Waals surface area contributed by atoms with Gasteiger partial charge in [0.2, 0.25) is 5.91 Å². The lowest BCUT2D eigenvalue weighted by atomic mass is 10.0. The van der Waals surface area contributed by atoms with Crippen LogP contribution in [-0.4, -0.2) is 53.6 Å². The maximum atomic E-state index is 13.8. The van der Waals surface area contributed by atoms with Crippen LogP contribution in [0, 0.1) is 5.82 Å². The van der Waals surface area contributed by atoms with Crippen LogP contribution in [0.2, 0.25) is 0 Å². The van der Waals surface area contributed by atoms with Crippen molar-refractivity contribution in [2.24, 2.45) is 0 Å². The Labute approximate surface area is 151 Å². The van der Waals surface area contributed by atoms with Crippen molar-refractivity contribution in [1.82, 2.24) is 14.9 Å². The first-order valence-electron chi connectivity index (χ1n) is 8.86. The van der Waals surface area contributed by atoms with E-state index in [1.807, 2.05) is 11.0 Å². The monoisotopic (exact) mass is 356 g/mol. The van der Waals surface area contributed by atoms with Crippen LogP contribution in [0.1, 0.15) is 23.6 Å². The lowest BCUT2D eigenvalue weighted by Gasteiger charge is -2.35. The number of hydrogen-bond donors (Lipinski definition) is 0. The van der Waals surface area contributed by atoms with Crippen LogP contribution in [0.4, 0.5) is 10.2 Å². The van der Waals surface area contributed by atoms with Crippen molar-refractivity contribution in [1.29, 1.82) is 0 Å². The van der Waals surface area contributed by atoms with Gasteiger partial charge in [-0.05, 0) is 12.5 Å². The number of piperazine rings is 1. The first-order valence-corrected chi connectivity index (χ1v) is 8.86. The zero-order valence-corrected chi connectivity index (χ0v) is 14.5. The molecule has 2 fully saturated rings. The minimum atomic E-state index is -0.276. The largest absolute Gasteiger partial charge is 0.381 e. The van der Waals surface area contributed by atoms with Crippen molar-refractivity contribution >= 4 is 11.7 Å². The van der Waals surface area contributed by atoms with Crippen LogP contribution in [0.25, 0.3) is 0 Å². The van der Waals surface area contributed by atoms with E-state index < -0.39 is 0 Å². The van der Waals surface area contributed by atoms with E-state index in [1.54, 1.807) is 29.4 Å². The number of amides is 1. The third kappa shape index (κ3) is 3.53. The number of carbonyl (C=O) groups excluding carboxylic acids is 1. The van der Waals surface area contributed by atoms with Crippen molar-refractivity contribution in [2.45, 2.75) is 18.9 Å². The van der Waals surface area contributed by atoms with Gasteiger partial charge in [0.15, 0.2) is 0 Å². The zero-order chi connectivity index (χ0) is 17.9. The van der Waals surface area contributed by atoms with Gasteiger partial charge in [-0.1, -0.05) is 18.2 Å². The minimum Gasteiger partial charge on any atom is -0.381 e. The Bertz CT molecular complexity index is 795. The van der Waals surface area contributed by atoms with Crippen LogP contribution in [0.15, 0.2) is 36.7 Å². The van der Waals surface area contributed by atoms with Gasteiger partial charge in [0.05, 0.1) is 18.8 Å². The molecule has 1 aromatic heterocycles. The first-order chi connectivity index (χ1) is 12.7. The molecule has 3 heterocycles. The third-order valence-electron chi connectivity index (χ3n) is 4.98. The molecule has 1 atom stereocenters. The van der Waals surface area contributed by atoms with Crippen LogP contribution in [-0.2, 0) is 16.1 Å². The van der Waals surface area contributed by atoms with Gasteiger partial charge in [0.1, 0.15) is 18.0 Å². The number of nitrogens with zero attached hydrogens (tertiary/aromatic N) is 4. The van der Waals surface area contributed by atoms with E-state index in [2.05, 4.69) is 9.97 Å². The number of rotatable bonds is 4. The molecule has 0 unspecified atom stereocenters. The topological polar surface area (TPSA) is 58.6 Å². The predicted octanol–water partition coefficient (Wildman–Crippen LogP) is 1.97. The molecule has 0 aliphatic carbocycles. The third-order valence-corrected chi connectivity index (χ3v) is 4.98. The fraction of sp³-hybridized carbons (Fsp3) is 0.421. The van der Waals surface area contributed by atoms with Crippen molar-refractivity contribution < 1.29 is 13.9 Å². The summed E-state index contributed by atoms with van der Waals surface area (Å²) in [5.74, 6) is 0.765. The Hall–Kier alpha value is -2.54. The molecule has 2 saturated heterocycles. The number of carbonyl (C=O) groups is 1. The van der Waals surface area contributed by atoms with Crippen LogP contribution in [0.3, 0.4) is 0 Å². The van der Waals surface area contributed by atoms with E-state index in [-0.39, 0.29) is 18.3 Å². The molecule has 0 saturated carbocycles. The fourth-order valence-electron chi connectivity index (χ4n) is 3.43. The van der Waals surface area contributed by atoms with E-state index >= 15 is 0 Å². The van der Waals surface area contributed by atoms with Gasteiger partial charge >= 0.3 is 0 Å². The smallest absolute Gasteiger partial charge is 0.242 e. The lowest BCUT2D eigenvalue weighted by Crippen LogP contribution is -2.50. The average Bonchev–Trinajstić information content (AvgIpc) is 3.20. The molecule has 2 aliphatic heterocycles. The normalized spacial score (nSPS) is 20.7. The highest BCUT2D eigenvalue weighted by Gasteiger charge is 2.27. The van der Waals surface area contributed by atoms with Gasteiger partial charge < -0.3 is 14.5 Å². The van der Waals surface area contributed by atoms with E-state index in [1.165, 1.54) is 6.07 Å². The second-order valence-corrected chi connectivity index (χ2v) is 6.69. The molecule has 0 radical (unpaired) electrons. The highest BCUT2D eigenvalue weighted by molar-refractivity contribution is 5.82. The summed E-state index contributed by atoms with van der Waals surface area (Å²) in [6.07, 6.45) is 2.52. The van der Waals surface area contributed by atoms with E-state index in [0.29, 0.717) is 37.7 Å². The number of ether oxygens (including phenoxy) is 1. The maximum Gasteiger partial charge on any atom is 0.242 e. The molecule has 6 nitrogen and oxygen atoms in total. The summed E-state index contributed by atoms with van der Waals surface area (Å²) in [5.41, 5.74) is 1.51. The molecular formula is C19H21FN4O2. The van der Waals surface area contributed by atoms with Crippen molar-refractivity contribution in [2.75, 3.05) is 37.7 Å².